The fraction of sp³-hybridized carbons (Fsp3) is 0.200. The molecule has 8 heteroatoms. The topological polar surface area (TPSA) is 58.0 Å². The summed E-state index contributed by atoms with van der Waals surface area (Å²) >= 11 is 3.49. The fourth-order valence-electron chi connectivity index (χ4n) is 2.53. The van der Waals surface area contributed by atoms with Crippen LogP contribution in [-0.4, -0.2) is 27.7 Å². The van der Waals surface area contributed by atoms with Crippen molar-refractivity contribution in [3.8, 4) is 22.6 Å². The number of anilines is 1. The molecule has 146 valence electrons. The summed E-state index contributed by atoms with van der Waals surface area (Å²) in [5.41, 5.74) is 1.14. The number of aliphatic hydroxyl groups is 1. The lowest BCUT2D eigenvalue weighted by molar-refractivity contribution is -0.137. The van der Waals surface area contributed by atoms with Crippen LogP contribution in [0.2, 0.25) is 0 Å². The second-order valence-corrected chi connectivity index (χ2v) is 7.02. The summed E-state index contributed by atoms with van der Waals surface area (Å²) in [7, 11) is 0. The zero-order valence-corrected chi connectivity index (χ0v) is 16.4. The summed E-state index contributed by atoms with van der Waals surface area (Å²) in [5, 5.41) is 12.6. The maximum Gasteiger partial charge on any atom is 0.416 e. The van der Waals surface area contributed by atoms with Crippen molar-refractivity contribution in [3.63, 3.8) is 0 Å². The van der Waals surface area contributed by atoms with E-state index in [4.69, 9.17) is 0 Å². The molecule has 0 aliphatic heterocycles. The minimum Gasteiger partial charge on any atom is -0.392 e. The molecule has 0 spiro atoms. The first-order valence-electron chi connectivity index (χ1n) is 8.48. The Hall–Kier alpha value is -2.45. The van der Waals surface area contributed by atoms with Gasteiger partial charge in [0.25, 0.3) is 0 Å². The maximum atomic E-state index is 12.8. The Kier molecular flexibility index (Phi) is 6.00. The van der Waals surface area contributed by atoms with Gasteiger partial charge in [-0.05, 0) is 35.0 Å². The van der Waals surface area contributed by atoms with Crippen LogP contribution < -0.4 is 5.32 Å². The van der Waals surface area contributed by atoms with Gasteiger partial charge in [-0.25, -0.2) is 9.97 Å². The van der Waals surface area contributed by atoms with Gasteiger partial charge in [-0.3, -0.25) is 0 Å². The van der Waals surface area contributed by atoms with Crippen LogP contribution in [0.25, 0.3) is 22.6 Å². The molecule has 0 aliphatic carbocycles. The predicted molar refractivity (Wildman–Crippen MR) is 106 cm³/mol. The van der Waals surface area contributed by atoms with Gasteiger partial charge in [0.15, 0.2) is 5.82 Å². The van der Waals surface area contributed by atoms with Crippen molar-refractivity contribution >= 4 is 21.7 Å². The van der Waals surface area contributed by atoms with Crippen LogP contribution in [0.4, 0.5) is 19.0 Å². The van der Waals surface area contributed by atoms with Crippen LogP contribution in [0.1, 0.15) is 12.5 Å². The Morgan fingerprint density at radius 2 is 1.64 bits per heavy atom. The molecule has 2 N–H and O–H groups in total. The molecular formula is C20H17BrF3N3O. The highest BCUT2D eigenvalue weighted by molar-refractivity contribution is 9.10. The van der Waals surface area contributed by atoms with Crippen LogP contribution >= 0.6 is 15.9 Å². The number of hydrogen-bond donors (Lipinski definition) is 2. The molecule has 3 aromatic rings. The molecule has 1 heterocycles. The Labute approximate surface area is 168 Å². The van der Waals surface area contributed by atoms with Crippen molar-refractivity contribution in [1.29, 1.82) is 0 Å². The number of nitrogens with zero attached hydrogens (tertiary/aromatic N) is 2. The van der Waals surface area contributed by atoms with E-state index in [0.717, 1.165) is 17.7 Å². The average Bonchev–Trinajstić information content (AvgIpc) is 2.67. The van der Waals surface area contributed by atoms with E-state index in [1.54, 1.807) is 6.92 Å². The van der Waals surface area contributed by atoms with E-state index in [1.165, 1.54) is 12.1 Å². The molecule has 0 amide bonds. The summed E-state index contributed by atoms with van der Waals surface area (Å²) in [6.45, 7) is 1.90. The molecule has 1 aromatic heterocycles. The average molecular weight is 452 g/mol. The van der Waals surface area contributed by atoms with E-state index in [2.05, 4.69) is 31.2 Å². The molecule has 3 rings (SSSR count). The quantitative estimate of drug-likeness (QED) is 0.546. The lowest BCUT2D eigenvalue weighted by Crippen LogP contribution is -2.17. The molecule has 0 bridgehead atoms. The van der Waals surface area contributed by atoms with Crippen molar-refractivity contribution in [2.75, 3.05) is 11.9 Å². The van der Waals surface area contributed by atoms with Gasteiger partial charge in [0.2, 0.25) is 0 Å². The number of nitrogens with one attached hydrogen (secondary N) is 1. The Bertz CT molecular complexity index is 945. The first-order valence-corrected chi connectivity index (χ1v) is 9.27. The molecule has 4 nitrogen and oxygen atoms in total. The fourth-order valence-corrected chi connectivity index (χ4v) is 3.08. The smallest absolute Gasteiger partial charge is 0.392 e. The van der Waals surface area contributed by atoms with Crippen LogP contribution in [0.15, 0.2) is 59.1 Å². The van der Waals surface area contributed by atoms with Gasteiger partial charge < -0.3 is 10.4 Å². The highest BCUT2D eigenvalue weighted by atomic mass is 79.9. The van der Waals surface area contributed by atoms with Gasteiger partial charge in [-0.15, -0.1) is 0 Å². The highest BCUT2D eigenvalue weighted by Crippen LogP contribution is 2.35. The van der Waals surface area contributed by atoms with Crippen LogP contribution in [0.5, 0.6) is 0 Å². The predicted octanol–water partition coefficient (Wildman–Crippen LogP) is 5.38. The third-order valence-electron chi connectivity index (χ3n) is 3.93. The maximum absolute atomic E-state index is 12.8. The van der Waals surface area contributed by atoms with Crippen LogP contribution in [-0.2, 0) is 6.18 Å². The normalized spacial score (nSPS) is 12.6. The molecule has 0 saturated heterocycles. The van der Waals surface area contributed by atoms with Crippen molar-refractivity contribution < 1.29 is 18.3 Å². The number of halogens is 4. The molecule has 0 radical (unpaired) electrons. The molecule has 0 fully saturated rings. The van der Waals surface area contributed by atoms with Gasteiger partial charge >= 0.3 is 6.18 Å². The summed E-state index contributed by atoms with van der Waals surface area (Å²) in [5.74, 6) is 0.730. The van der Waals surface area contributed by atoms with Gasteiger partial charge in [0.1, 0.15) is 5.82 Å². The molecule has 28 heavy (non-hydrogen) atoms. The van der Waals surface area contributed by atoms with E-state index in [0.29, 0.717) is 21.5 Å². The van der Waals surface area contributed by atoms with Gasteiger partial charge in [0, 0.05) is 17.7 Å². The van der Waals surface area contributed by atoms with Crippen molar-refractivity contribution in [2.45, 2.75) is 19.2 Å². The third-order valence-corrected chi connectivity index (χ3v) is 4.68. The molecule has 2 aromatic carbocycles. The highest BCUT2D eigenvalue weighted by Gasteiger charge is 2.30. The lowest BCUT2D eigenvalue weighted by atomic mass is 10.1. The lowest BCUT2D eigenvalue weighted by Gasteiger charge is -2.15. The number of benzene rings is 2. The first-order chi connectivity index (χ1) is 13.3. The zero-order valence-electron chi connectivity index (χ0n) is 14.8. The number of rotatable bonds is 5. The summed E-state index contributed by atoms with van der Waals surface area (Å²) in [6.07, 6.45) is -5.00. The monoisotopic (exact) mass is 451 g/mol. The van der Waals surface area contributed by atoms with E-state index in [-0.39, 0.29) is 12.4 Å². The first kappa shape index (κ1) is 20.3. The standard InChI is InChI=1S/C20H17BrF3N3O/c1-12(28)11-25-19-16(21)17(13-5-3-2-4-6-13)26-18(27-19)14-7-9-15(10-8-14)20(22,23)24/h2-10,12,28H,11H2,1H3,(H,25,26,27). The molecule has 1 unspecified atom stereocenters. The Balaban J connectivity index is 2.08. The van der Waals surface area contributed by atoms with Crippen LogP contribution in [0.3, 0.4) is 0 Å². The number of aliphatic hydroxyl groups excluding tert-OH is 1. The second-order valence-electron chi connectivity index (χ2n) is 6.23. The van der Waals surface area contributed by atoms with E-state index in [1.807, 2.05) is 30.3 Å². The summed E-state index contributed by atoms with van der Waals surface area (Å²) < 4.78 is 39.1. The second kappa shape index (κ2) is 8.28. The molecule has 0 aliphatic rings. The minimum atomic E-state index is -4.40. The van der Waals surface area contributed by atoms with E-state index >= 15 is 0 Å². The molecular weight excluding hydrogens is 435 g/mol. The van der Waals surface area contributed by atoms with Crippen molar-refractivity contribution in [2.24, 2.45) is 0 Å². The van der Waals surface area contributed by atoms with Gasteiger partial charge in [-0.1, -0.05) is 42.5 Å². The van der Waals surface area contributed by atoms with Crippen molar-refractivity contribution in [3.05, 3.63) is 64.6 Å². The van der Waals surface area contributed by atoms with E-state index in [9.17, 15) is 18.3 Å². The summed E-state index contributed by atoms with van der Waals surface area (Å²) in [6, 6.07) is 14.1. The third kappa shape index (κ3) is 4.69. The largest absolute Gasteiger partial charge is 0.416 e. The van der Waals surface area contributed by atoms with Gasteiger partial charge in [-0.2, -0.15) is 13.2 Å². The minimum absolute atomic E-state index is 0.260. The number of alkyl halides is 3. The summed E-state index contributed by atoms with van der Waals surface area (Å²) in [4.78, 5) is 8.98. The van der Waals surface area contributed by atoms with Crippen molar-refractivity contribution in [1.82, 2.24) is 9.97 Å². The van der Waals surface area contributed by atoms with E-state index < -0.39 is 17.8 Å². The van der Waals surface area contributed by atoms with Crippen LogP contribution in [0, 0.1) is 0 Å². The zero-order chi connectivity index (χ0) is 20.3. The Morgan fingerprint density at radius 1 is 1.00 bits per heavy atom. The Morgan fingerprint density at radius 3 is 2.21 bits per heavy atom. The number of aromatic nitrogens is 2. The molecule has 0 saturated carbocycles. The van der Waals surface area contributed by atoms with Gasteiger partial charge in [0.05, 0.1) is 21.8 Å². The number of hydrogen-bond acceptors (Lipinski definition) is 4. The SMILES string of the molecule is CC(O)CNc1nc(-c2ccc(C(F)(F)F)cc2)nc(-c2ccccc2)c1Br. The molecule has 1 atom stereocenters.